The van der Waals surface area contributed by atoms with Crippen molar-refractivity contribution in [3.63, 3.8) is 0 Å². The van der Waals surface area contributed by atoms with E-state index in [0.717, 1.165) is 6.92 Å². The van der Waals surface area contributed by atoms with Crippen molar-refractivity contribution in [1.82, 2.24) is 19.5 Å². The fourth-order valence-electron chi connectivity index (χ4n) is 2.53. The fourth-order valence-corrected chi connectivity index (χ4v) is 3.29. The van der Waals surface area contributed by atoms with Gasteiger partial charge < -0.3 is 39.7 Å². The Labute approximate surface area is 157 Å². The number of phosphoric ester groups is 1. The number of nitrogen functional groups attached to an aromatic ring is 1. The van der Waals surface area contributed by atoms with Gasteiger partial charge in [0, 0.05) is 0 Å². The Bertz CT molecular complexity index is 921. The molecule has 1 aliphatic heterocycles. The highest BCUT2D eigenvalue weighted by atomic mass is 31.2. The number of aliphatic hydroxyl groups is 3. The molecule has 3 rings (SSSR count). The molecule has 1 fully saturated rings. The number of nitrogens with zero attached hydrogens (tertiary/aromatic N) is 4. The van der Waals surface area contributed by atoms with Crippen LogP contribution in [0, 0.1) is 0 Å². The van der Waals surface area contributed by atoms with Crippen molar-refractivity contribution in [1.29, 1.82) is 0 Å². The summed E-state index contributed by atoms with van der Waals surface area (Å²) in [5.41, 5.74) is 6.17. The van der Waals surface area contributed by atoms with E-state index >= 15 is 0 Å². The molecule has 0 radical (unpaired) electrons. The summed E-state index contributed by atoms with van der Waals surface area (Å²) in [5.74, 6) is -1.32. The van der Waals surface area contributed by atoms with E-state index in [1.807, 2.05) is 0 Å². The van der Waals surface area contributed by atoms with Crippen LogP contribution >= 0.6 is 7.82 Å². The number of fused-ring (bicyclic) bond motifs is 1. The summed E-state index contributed by atoms with van der Waals surface area (Å²) in [6.45, 7) is 0.255. The first-order valence-corrected chi connectivity index (χ1v) is 9.38. The predicted octanol–water partition coefficient (Wildman–Crippen LogP) is -2.56. The van der Waals surface area contributed by atoms with Crippen LogP contribution in [0.2, 0.25) is 0 Å². The minimum Gasteiger partial charge on any atom is -0.746 e. The highest BCUT2D eigenvalue weighted by molar-refractivity contribution is 7.46. The van der Waals surface area contributed by atoms with Crippen LogP contribution in [0.15, 0.2) is 12.7 Å². The molecule has 0 spiro atoms. The molecular formula is C13H17N5O9P-. The van der Waals surface area contributed by atoms with Crippen LogP contribution in [-0.2, 0) is 23.1 Å². The van der Waals surface area contributed by atoms with Crippen molar-refractivity contribution in [2.75, 3.05) is 12.3 Å². The molecule has 0 saturated carbocycles. The molecule has 1 unspecified atom stereocenters. The third-order valence-corrected chi connectivity index (χ3v) is 4.81. The van der Waals surface area contributed by atoms with Crippen LogP contribution in [0.5, 0.6) is 0 Å². The van der Waals surface area contributed by atoms with Crippen molar-refractivity contribution < 1.29 is 43.4 Å². The van der Waals surface area contributed by atoms with Gasteiger partial charge in [0.05, 0.1) is 12.9 Å². The van der Waals surface area contributed by atoms with Gasteiger partial charge in [0.25, 0.3) is 0 Å². The van der Waals surface area contributed by atoms with Gasteiger partial charge in [0.15, 0.2) is 17.7 Å². The first-order valence-electron chi connectivity index (χ1n) is 7.92. The van der Waals surface area contributed by atoms with E-state index in [1.54, 1.807) is 0 Å². The number of ether oxygens (including phenoxy) is 1. The second-order valence-corrected chi connectivity index (χ2v) is 7.29. The van der Waals surface area contributed by atoms with Crippen molar-refractivity contribution in [2.24, 2.45) is 0 Å². The third-order valence-electron chi connectivity index (χ3n) is 3.94. The lowest BCUT2D eigenvalue weighted by atomic mass is 10.1. The van der Waals surface area contributed by atoms with E-state index in [0.29, 0.717) is 0 Å². The monoisotopic (exact) mass is 418 g/mol. The minimum absolute atomic E-state index is 0.101. The predicted molar refractivity (Wildman–Crippen MR) is 87.0 cm³/mol. The smallest absolute Gasteiger partial charge is 0.340 e. The van der Waals surface area contributed by atoms with Crippen molar-refractivity contribution in [2.45, 2.75) is 37.6 Å². The van der Waals surface area contributed by atoms with Gasteiger partial charge in [-0.1, -0.05) is 0 Å². The Morgan fingerprint density at radius 1 is 1.43 bits per heavy atom. The zero-order valence-electron chi connectivity index (χ0n) is 14.4. The summed E-state index contributed by atoms with van der Waals surface area (Å²) in [7, 11) is -5.12. The molecule has 14 nitrogen and oxygen atoms in total. The second-order valence-electron chi connectivity index (χ2n) is 5.96. The number of phosphoric acid groups is 1. The lowest BCUT2D eigenvalue weighted by Gasteiger charge is -2.24. The van der Waals surface area contributed by atoms with Gasteiger partial charge in [-0.15, -0.1) is 0 Å². The molecule has 3 heterocycles. The highest BCUT2D eigenvalue weighted by Gasteiger charge is 2.45. The highest BCUT2D eigenvalue weighted by Crippen LogP contribution is 2.41. The second kappa shape index (κ2) is 7.67. The number of carbonyl (C=O) groups excluding carboxylic acids is 1. The number of carbonyl (C=O) groups is 1. The first-order chi connectivity index (χ1) is 13.1. The van der Waals surface area contributed by atoms with Crippen LogP contribution in [0.4, 0.5) is 5.82 Å². The van der Waals surface area contributed by atoms with Crippen molar-refractivity contribution in [3.8, 4) is 0 Å². The number of imidazole rings is 1. The van der Waals surface area contributed by atoms with Crippen LogP contribution in [0.25, 0.3) is 11.2 Å². The van der Waals surface area contributed by atoms with Gasteiger partial charge in [-0.3, -0.25) is 9.13 Å². The molecule has 5 N–H and O–H groups in total. The fraction of sp³-hybridized carbons (Fsp3) is 0.538. The van der Waals surface area contributed by atoms with Gasteiger partial charge in [-0.05, 0) is 6.92 Å². The number of nitrogens with two attached hydrogens (primary N) is 1. The third kappa shape index (κ3) is 3.98. The molecule has 1 saturated heterocycles. The molecule has 1 aliphatic rings. The maximum atomic E-state index is 11.6. The average molecular weight is 418 g/mol. The Kier molecular flexibility index (Phi) is 5.63. The average Bonchev–Trinajstić information content (AvgIpc) is 3.16. The van der Waals surface area contributed by atoms with Crippen LogP contribution in [-0.4, -0.2) is 71.8 Å². The van der Waals surface area contributed by atoms with Gasteiger partial charge in [0.1, 0.15) is 36.3 Å². The van der Waals surface area contributed by atoms with E-state index in [9.17, 15) is 24.5 Å². The molecule has 0 bridgehead atoms. The molecule has 15 heteroatoms. The van der Waals surface area contributed by atoms with Gasteiger partial charge in [-0.25, -0.2) is 19.7 Å². The topological polar surface area (TPSA) is 215 Å². The van der Waals surface area contributed by atoms with E-state index in [1.165, 1.54) is 17.2 Å². The maximum absolute atomic E-state index is 11.6. The summed E-state index contributed by atoms with van der Waals surface area (Å²) in [4.78, 5) is 34.6. The Morgan fingerprint density at radius 3 is 2.82 bits per heavy atom. The molecule has 6 atom stereocenters. The number of hydrogen-bond acceptors (Lipinski definition) is 13. The number of hydrogen-bond donors (Lipinski definition) is 4. The van der Waals surface area contributed by atoms with Crippen molar-refractivity contribution >= 4 is 30.8 Å². The molecule has 28 heavy (non-hydrogen) atoms. The molecule has 0 amide bonds. The number of aliphatic hydroxyl groups excluding tert-OH is 3. The summed E-state index contributed by atoms with van der Waals surface area (Å²) in [5, 5.41) is 29.4. The van der Waals surface area contributed by atoms with E-state index in [4.69, 9.17) is 15.6 Å². The molecule has 0 aromatic carbocycles. The summed E-state index contributed by atoms with van der Waals surface area (Å²) >= 11 is 0. The minimum atomic E-state index is -5.12. The Hall–Kier alpha value is -2.19. The molecule has 2 aromatic heterocycles. The van der Waals surface area contributed by atoms with E-state index in [2.05, 4.69) is 24.0 Å². The number of rotatable bonds is 6. The van der Waals surface area contributed by atoms with E-state index < -0.39 is 51.0 Å². The maximum Gasteiger partial charge on any atom is 0.340 e. The van der Waals surface area contributed by atoms with Crippen LogP contribution in [0.3, 0.4) is 0 Å². The lowest BCUT2D eigenvalue weighted by molar-refractivity contribution is -0.228. The Morgan fingerprint density at radius 2 is 2.14 bits per heavy atom. The number of anilines is 1. The number of aromatic nitrogens is 4. The normalized spacial score (nSPS) is 28.2. The van der Waals surface area contributed by atoms with Gasteiger partial charge in [-0.2, -0.15) is 0 Å². The van der Waals surface area contributed by atoms with E-state index in [-0.39, 0.29) is 17.0 Å². The summed E-state index contributed by atoms with van der Waals surface area (Å²) in [6, 6.07) is 0. The molecule has 154 valence electrons. The quantitative estimate of drug-likeness (QED) is 0.355. The lowest BCUT2D eigenvalue weighted by Crippen LogP contribution is -2.34. The molecule has 0 aliphatic carbocycles. The summed E-state index contributed by atoms with van der Waals surface area (Å²) < 4.78 is 26.9. The molecule has 2 aromatic rings. The van der Waals surface area contributed by atoms with Gasteiger partial charge in [0.2, 0.25) is 0 Å². The van der Waals surface area contributed by atoms with Gasteiger partial charge >= 0.3 is 13.8 Å². The van der Waals surface area contributed by atoms with Crippen molar-refractivity contribution in [3.05, 3.63) is 12.7 Å². The summed E-state index contributed by atoms with van der Waals surface area (Å²) in [6.07, 6.45) is -4.70. The zero-order chi connectivity index (χ0) is 20.6. The molecular weight excluding hydrogens is 401 g/mol. The standard InChI is InChI=1S/C13H18N5O9P/c1-5(19)13(22)27-28(23,24)25-2-6-8(20)9(21)12(26-6)18-4-17-7-10(14)15-3-16-11(7)18/h3-6,8-9,12,19-21H,2H2,1H3,(H,23,24)(H2,14,15,16)/p-1/t5-,6+,8+,9+,12+/m0/s1. The van der Waals surface area contributed by atoms with Crippen LogP contribution < -0.4 is 10.6 Å². The SMILES string of the molecule is C[C@H](O)C(=O)OP(=O)([O-])OC[C@H]1O[C@@H](n2cnc3c(N)ncnc32)[C@H](O)[C@@H]1O. The largest absolute Gasteiger partial charge is 0.746 e. The van der Waals surface area contributed by atoms with Crippen LogP contribution in [0.1, 0.15) is 13.2 Å². The first kappa shape index (κ1) is 20.5. The zero-order valence-corrected chi connectivity index (χ0v) is 15.2. The Balaban J connectivity index is 1.71.